The van der Waals surface area contributed by atoms with Crippen LogP contribution in [0.3, 0.4) is 0 Å². The number of carbonyl (C=O) groups is 1. The Bertz CT molecular complexity index is 1420. The quantitative estimate of drug-likeness (QED) is 0.448. The smallest absolute Gasteiger partial charge is 0.341 e. The van der Waals surface area contributed by atoms with Gasteiger partial charge in [-0.3, -0.25) is 4.79 Å². The van der Waals surface area contributed by atoms with Gasteiger partial charge in [0.1, 0.15) is 22.9 Å². The van der Waals surface area contributed by atoms with Crippen molar-refractivity contribution in [2.24, 2.45) is 0 Å². The summed E-state index contributed by atoms with van der Waals surface area (Å²) >= 11 is 0. The van der Waals surface area contributed by atoms with Crippen molar-refractivity contribution in [3.8, 4) is 5.69 Å². The van der Waals surface area contributed by atoms with Gasteiger partial charge in [0.2, 0.25) is 5.43 Å². The number of nitrogens with zero attached hydrogens (tertiary/aromatic N) is 4. The molecule has 2 N–H and O–H groups in total. The highest BCUT2D eigenvalue weighted by molar-refractivity contribution is 5.93. The van der Waals surface area contributed by atoms with Crippen molar-refractivity contribution >= 4 is 16.9 Å². The van der Waals surface area contributed by atoms with E-state index in [4.69, 9.17) is 0 Å². The van der Waals surface area contributed by atoms with Gasteiger partial charge in [-0.25, -0.2) is 18.3 Å². The Morgan fingerprint density at radius 2 is 1.88 bits per heavy atom. The van der Waals surface area contributed by atoms with Crippen LogP contribution in [0.25, 0.3) is 16.6 Å². The number of aromatic carboxylic acids is 1. The third kappa shape index (κ3) is 4.12. The number of fused-ring (bicyclic) bond motifs is 1. The average Bonchev–Trinajstić information content (AvgIpc) is 3.53. The molecule has 2 heterocycles. The second-order valence-electron chi connectivity index (χ2n) is 8.02. The van der Waals surface area contributed by atoms with Gasteiger partial charge in [-0.2, -0.15) is 0 Å². The largest absolute Gasteiger partial charge is 0.477 e. The van der Waals surface area contributed by atoms with Crippen molar-refractivity contribution in [2.45, 2.75) is 32.0 Å². The first kappa shape index (κ1) is 21.0. The molecule has 33 heavy (non-hydrogen) atoms. The minimum absolute atomic E-state index is 0.0179. The van der Waals surface area contributed by atoms with Gasteiger partial charge in [0, 0.05) is 30.7 Å². The molecule has 0 amide bonds. The van der Waals surface area contributed by atoms with E-state index < -0.39 is 17.2 Å². The van der Waals surface area contributed by atoms with Gasteiger partial charge in [0.05, 0.1) is 17.4 Å². The Balaban J connectivity index is 1.43. The molecule has 1 aliphatic carbocycles. The number of halogens is 2. The van der Waals surface area contributed by atoms with Gasteiger partial charge < -0.3 is 15.0 Å². The monoisotopic (exact) mass is 451 g/mol. The number of hydrogen-bond donors (Lipinski definition) is 2. The Morgan fingerprint density at radius 3 is 2.58 bits per heavy atom. The maximum absolute atomic E-state index is 15.0. The highest BCUT2D eigenvalue weighted by atomic mass is 19.1. The zero-order valence-corrected chi connectivity index (χ0v) is 17.3. The van der Waals surface area contributed by atoms with Crippen LogP contribution >= 0.6 is 0 Å². The second-order valence-corrected chi connectivity index (χ2v) is 8.02. The summed E-state index contributed by atoms with van der Waals surface area (Å²) in [6.07, 6.45) is 4.62. The number of carboxylic acids is 1. The molecule has 5 rings (SSSR count). The highest BCUT2D eigenvalue weighted by Crippen LogP contribution is 2.37. The van der Waals surface area contributed by atoms with Crippen LogP contribution in [0.15, 0.2) is 53.6 Å². The van der Waals surface area contributed by atoms with Crippen molar-refractivity contribution in [1.82, 2.24) is 24.9 Å². The van der Waals surface area contributed by atoms with E-state index in [9.17, 15) is 23.5 Å². The molecule has 168 valence electrons. The van der Waals surface area contributed by atoms with Gasteiger partial charge in [-0.1, -0.05) is 17.3 Å². The lowest BCUT2D eigenvalue weighted by molar-refractivity contribution is 0.0695. The number of carboxylic acid groups (broad SMARTS) is 1. The second kappa shape index (κ2) is 8.21. The lowest BCUT2D eigenvalue weighted by Crippen LogP contribution is -2.19. The Kier molecular flexibility index (Phi) is 5.21. The third-order valence-corrected chi connectivity index (χ3v) is 5.61. The van der Waals surface area contributed by atoms with Gasteiger partial charge >= 0.3 is 5.97 Å². The van der Waals surface area contributed by atoms with E-state index >= 15 is 0 Å². The van der Waals surface area contributed by atoms with Crippen molar-refractivity contribution in [3.05, 3.63) is 87.5 Å². The van der Waals surface area contributed by atoms with E-state index in [0.717, 1.165) is 24.5 Å². The Hall–Kier alpha value is -3.92. The van der Waals surface area contributed by atoms with E-state index in [0.29, 0.717) is 24.3 Å². The zero-order valence-electron chi connectivity index (χ0n) is 17.3. The minimum atomic E-state index is -1.34. The van der Waals surface area contributed by atoms with Crippen LogP contribution in [-0.2, 0) is 13.1 Å². The molecule has 1 saturated carbocycles. The molecule has 10 heteroatoms. The van der Waals surface area contributed by atoms with Crippen molar-refractivity contribution in [1.29, 1.82) is 0 Å². The predicted molar refractivity (Wildman–Crippen MR) is 115 cm³/mol. The average molecular weight is 451 g/mol. The summed E-state index contributed by atoms with van der Waals surface area (Å²) in [6, 6.07) is 8.77. The summed E-state index contributed by atoms with van der Waals surface area (Å²) in [5.74, 6) is -2.35. The van der Waals surface area contributed by atoms with Crippen LogP contribution in [0, 0.1) is 11.6 Å². The first-order valence-electron chi connectivity index (χ1n) is 10.4. The topological polar surface area (TPSA) is 102 Å². The number of pyridine rings is 1. The molecule has 0 radical (unpaired) electrons. The van der Waals surface area contributed by atoms with Gasteiger partial charge in [-0.05, 0) is 42.7 Å². The van der Waals surface area contributed by atoms with Crippen LogP contribution in [-0.4, -0.2) is 30.6 Å². The van der Waals surface area contributed by atoms with E-state index in [1.165, 1.54) is 29.1 Å². The maximum Gasteiger partial charge on any atom is 0.341 e. The summed E-state index contributed by atoms with van der Waals surface area (Å²) in [4.78, 5) is 24.1. The summed E-state index contributed by atoms with van der Waals surface area (Å²) in [5.41, 5.74) is 0.938. The summed E-state index contributed by atoms with van der Waals surface area (Å²) < 4.78 is 31.0. The SMILES string of the molecule is O=C(O)c1cn(C2CC2)c2cc(-n3cc(CNCc4ccc(F)cc4)nn3)c(F)cc2c1=O. The number of rotatable bonds is 7. The Morgan fingerprint density at radius 1 is 1.12 bits per heavy atom. The molecular weight excluding hydrogens is 432 g/mol. The van der Waals surface area contributed by atoms with Crippen LogP contribution in [0.5, 0.6) is 0 Å². The predicted octanol–water partition coefficient (Wildman–Crippen LogP) is 3.18. The lowest BCUT2D eigenvalue weighted by Gasteiger charge is -2.13. The first-order chi connectivity index (χ1) is 15.9. The van der Waals surface area contributed by atoms with E-state index in [1.807, 2.05) is 0 Å². The fourth-order valence-corrected chi connectivity index (χ4v) is 3.78. The summed E-state index contributed by atoms with van der Waals surface area (Å²) in [5, 5.41) is 20.6. The van der Waals surface area contributed by atoms with E-state index in [2.05, 4.69) is 15.6 Å². The fraction of sp³-hybridized carbons (Fsp3) is 0.217. The third-order valence-electron chi connectivity index (χ3n) is 5.61. The summed E-state index contributed by atoms with van der Waals surface area (Å²) in [6.45, 7) is 0.860. The molecular formula is C23H19F2N5O3. The normalized spacial score (nSPS) is 13.5. The molecule has 0 spiro atoms. The molecule has 2 aromatic heterocycles. The van der Waals surface area contributed by atoms with E-state index in [-0.39, 0.29) is 28.5 Å². The lowest BCUT2D eigenvalue weighted by atomic mass is 10.1. The van der Waals surface area contributed by atoms with Crippen molar-refractivity contribution < 1.29 is 18.7 Å². The zero-order chi connectivity index (χ0) is 23.1. The van der Waals surface area contributed by atoms with Crippen molar-refractivity contribution in [2.75, 3.05) is 0 Å². The molecule has 2 aromatic carbocycles. The molecule has 0 aliphatic heterocycles. The highest BCUT2D eigenvalue weighted by Gasteiger charge is 2.27. The van der Waals surface area contributed by atoms with Crippen LogP contribution in [0.4, 0.5) is 8.78 Å². The molecule has 1 aliphatic rings. The molecule has 0 unspecified atom stereocenters. The van der Waals surface area contributed by atoms with Crippen LogP contribution in [0.2, 0.25) is 0 Å². The Labute approximate surface area is 186 Å². The van der Waals surface area contributed by atoms with Crippen LogP contribution < -0.4 is 10.7 Å². The fourth-order valence-electron chi connectivity index (χ4n) is 3.78. The number of aromatic nitrogens is 4. The molecule has 0 bridgehead atoms. The van der Waals surface area contributed by atoms with Gasteiger partial charge in [0.15, 0.2) is 0 Å². The summed E-state index contributed by atoms with van der Waals surface area (Å²) in [7, 11) is 0. The minimum Gasteiger partial charge on any atom is -0.477 e. The standard InChI is InChI=1S/C23H19F2N5O3/c24-14-3-1-13(2-4-14)9-26-10-15-11-30(28-27-15)21-8-20-17(7-19(21)25)22(31)18(23(32)33)12-29(20)16-5-6-16/h1-4,7-8,11-12,16,26H,5-6,9-10H2,(H,32,33). The molecule has 1 fully saturated rings. The first-order valence-corrected chi connectivity index (χ1v) is 10.4. The van der Waals surface area contributed by atoms with E-state index in [1.54, 1.807) is 22.9 Å². The van der Waals surface area contributed by atoms with Gasteiger partial charge in [-0.15, -0.1) is 5.10 Å². The number of hydrogen-bond acceptors (Lipinski definition) is 5. The maximum atomic E-state index is 15.0. The molecule has 4 aromatic rings. The van der Waals surface area contributed by atoms with Gasteiger partial charge in [0.25, 0.3) is 0 Å². The molecule has 0 atom stereocenters. The molecule has 8 nitrogen and oxygen atoms in total. The van der Waals surface area contributed by atoms with Crippen molar-refractivity contribution in [3.63, 3.8) is 0 Å². The van der Waals surface area contributed by atoms with Crippen LogP contribution in [0.1, 0.15) is 40.5 Å². The number of benzene rings is 2. The molecule has 0 saturated heterocycles. The number of nitrogens with one attached hydrogen (secondary N) is 1.